The largest absolute Gasteiger partial charge is 0.196 e. The fourth-order valence-corrected chi connectivity index (χ4v) is 0.584. The Morgan fingerprint density at radius 3 is 2.25 bits per heavy atom. The second-order valence-electron chi connectivity index (χ2n) is 1.78. The average molecular weight is 127 g/mol. The fourth-order valence-electron chi connectivity index (χ4n) is 0.195. The zero-order valence-electron chi connectivity index (χ0n) is 4.92. The number of hydrogen-bond acceptors (Lipinski definition) is 1. The smallest absolute Gasteiger partial charge is 0.0917 e. The molecule has 0 atom stereocenters. The van der Waals surface area contributed by atoms with Crippen LogP contribution in [0.5, 0.6) is 0 Å². The number of rotatable bonds is 1. The van der Waals surface area contributed by atoms with Gasteiger partial charge in [0.15, 0.2) is 0 Å². The monoisotopic (exact) mass is 127 g/mol. The Bertz CT molecular complexity index is 213. The molecule has 0 unspecified atom stereocenters. The molecule has 0 aromatic carbocycles. The molecule has 0 aliphatic carbocycles. The third kappa shape index (κ3) is 5.32. The molecule has 0 aromatic rings. The zero-order valence-corrected chi connectivity index (χ0v) is 5.74. The first-order valence-corrected chi connectivity index (χ1v) is 4.51. The normalized spacial score (nSPS) is 11.5. The topological polar surface area (TPSA) is 23.8 Å². The van der Waals surface area contributed by atoms with Gasteiger partial charge in [-0.05, 0) is 11.7 Å². The first-order valence-electron chi connectivity index (χ1n) is 2.07. The summed E-state index contributed by atoms with van der Waals surface area (Å²) in [5.41, 5.74) is 0. The molecule has 8 heavy (non-hydrogen) atoms. The Balaban J connectivity index is 4.19. The van der Waals surface area contributed by atoms with Crippen molar-refractivity contribution in [1.29, 1.82) is 5.26 Å². The molecule has 44 valence electrons. The lowest BCUT2D eigenvalue weighted by Crippen LogP contribution is -1.60. The van der Waals surface area contributed by atoms with E-state index >= 15 is 0 Å². The van der Waals surface area contributed by atoms with E-state index in [0.717, 1.165) is 0 Å². The van der Waals surface area contributed by atoms with E-state index in [-0.39, 0.29) is 0 Å². The molecule has 0 heterocycles. The predicted octanol–water partition coefficient (Wildman–Crippen LogP) is 1.32. The number of nitrogens with zero attached hydrogens (tertiary/aromatic N) is 1. The van der Waals surface area contributed by atoms with Crippen molar-refractivity contribution in [3.05, 3.63) is 11.5 Å². The molecule has 0 aliphatic heterocycles. The Morgan fingerprint density at radius 1 is 1.62 bits per heavy atom. The summed E-state index contributed by atoms with van der Waals surface area (Å²) in [6, 6.07) is 1.88. The van der Waals surface area contributed by atoms with Crippen LogP contribution in [0.15, 0.2) is 11.5 Å². The van der Waals surface area contributed by atoms with Gasteiger partial charge in [0.1, 0.15) is 0 Å². The molecule has 0 aromatic heterocycles. The van der Waals surface area contributed by atoms with Crippen molar-refractivity contribution in [1.82, 2.24) is 0 Å². The number of hydrogen-bond donors (Lipinski definition) is 0. The van der Waals surface area contributed by atoms with Crippen molar-refractivity contribution in [3.8, 4) is 6.07 Å². The van der Waals surface area contributed by atoms with Gasteiger partial charge in [0.25, 0.3) is 0 Å². The maximum absolute atomic E-state index is 8.05. The summed E-state index contributed by atoms with van der Waals surface area (Å²) >= 11 is 0. The standard InChI is InChI=1S/C6H9NS/c1-8(2,3)6-4-5-7/h4,6H,1-2H2,3H3. The van der Waals surface area contributed by atoms with Crippen molar-refractivity contribution in [2.75, 3.05) is 6.26 Å². The van der Waals surface area contributed by atoms with E-state index in [9.17, 15) is 0 Å². The molecule has 0 aliphatic rings. The quantitative estimate of drug-likeness (QED) is 0.385. The van der Waals surface area contributed by atoms with Crippen LogP contribution < -0.4 is 0 Å². The van der Waals surface area contributed by atoms with Gasteiger partial charge in [-0.2, -0.15) is 14.5 Å². The van der Waals surface area contributed by atoms with Gasteiger partial charge in [0.05, 0.1) is 6.07 Å². The summed E-state index contributed by atoms with van der Waals surface area (Å²) in [7, 11) is -1.09. The molecule has 0 fully saturated rings. The molecule has 0 radical (unpaired) electrons. The van der Waals surface area contributed by atoms with Crippen LogP contribution in [-0.2, 0) is 0 Å². The predicted molar refractivity (Wildman–Crippen MR) is 42.5 cm³/mol. The van der Waals surface area contributed by atoms with E-state index in [1.54, 1.807) is 5.41 Å². The summed E-state index contributed by atoms with van der Waals surface area (Å²) in [5.74, 6) is 7.48. The molecule has 0 bridgehead atoms. The van der Waals surface area contributed by atoms with Crippen LogP contribution >= 0.6 is 9.21 Å². The average Bonchev–Trinajstić information content (AvgIpc) is 1.59. The second kappa shape index (κ2) is 2.58. The number of nitriles is 1. The van der Waals surface area contributed by atoms with Gasteiger partial charge in [-0.3, -0.25) is 0 Å². The van der Waals surface area contributed by atoms with Gasteiger partial charge in [0.2, 0.25) is 0 Å². The Morgan fingerprint density at radius 2 is 2.12 bits per heavy atom. The molecule has 0 saturated carbocycles. The lowest BCUT2D eigenvalue weighted by molar-refractivity contribution is 1.54. The van der Waals surface area contributed by atoms with Crippen molar-refractivity contribution in [3.63, 3.8) is 0 Å². The van der Waals surface area contributed by atoms with E-state index in [4.69, 9.17) is 5.26 Å². The molecule has 0 rings (SSSR count). The Labute approximate surface area is 50.7 Å². The van der Waals surface area contributed by atoms with E-state index in [1.807, 2.05) is 12.3 Å². The third-order valence-electron chi connectivity index (χ3n) is 0.471. The number of allylic oxidation sites excluding steroid dienone is 1. The van der Waals surface area contributed by atoms with Crippen molar-refractivity contribution in [2.45, 2.75) is 0 Å². The van der Waals surface area contributed by atoms with Gasteiger partial charge in [-0.1, -0.05) is 11.7 Å². The summed E-state index contributed by atoms with van der Waals surface area (Å²) in [6.45, 7) is 0. The highest BCUT2D eigenvalue weighted by Gasteiger charge is 1.73. The highest BCUT2D eigenvalue weighted by molar-refractivity contribution is 8.29. The first-order chi connectivity index (χ1) is 3.56. The van der Waals surface area contributed by atoms with E-state index < -0.39 is 9.21 Å². The highest BCUT2D eigenvalue weighted by atomic mass is 32.2. The van der Waals surface area contributed by atoms with Crippen LogP contribution in [0.2, 0.25) is 0 Å². The zero-order chi connectivity index (χ0) is 6.62. The molecule has 2 heteroatoms. The second-order valence-corrected chi connectivity index (χ2v) is 4.76. The molecular formula is C6H9NS. The van der Waals surface area contributed by atoms with Gasteiger partial charge in [0, 0.05) is 6.08 Å². The summed E-state index contributed by atoms with van der Waals surface area (Å²) in [4.78, 5) is 0. The molecule has 0 N–H and O–H groups in total. The SMILES string of the molecule is C=S(=C)(C)C=CC#N. The van der Waals surface area contributed by atoms with Crippen LogP contribution in [-0.4, -0.2) is 18.0 Å². The van der Waals surface area contributed by atoms with Gasteiger partial charge in [-0.25, -0.2) is 0 Å². The highest BCUT2D eigenvalue weighted by Crippen LogP contribution is 2.12. The fraction of sp³-hybridized carbons (Fsp3) is 0.167. The lowest BCUT2D eigenvalue weighted by atomic mass is 10.7. The summed E-state index contributed by atoms with van der Waals surface area (Å²) in [6.07, 6.45) is 3.34. The Kier molecular flexibility index (Phi) is 2.36. The first kappa shape index (κ1) is 7.32. The van der Waals surface area contributed by atoms with Crippen LogP contribution in [0.3, 0.4) is 0 Å². The van der Waals surface area contributed by atoms with Crippen LogP contribution in [0, 0.1) is 11.3 Å². The van der Waals surface area contributed by atoms with E-state index in [2.05, 4.69) is 11.7 Å². The van der Waals surface area contributed by atoms with Crippen LogP contribution in [0.1, 0.15) is 0 Å². The summed E-state index contributed by atoms with van der Waals surface area (Å²) in [5, 5.41) is 9.79. The summed E-state index contributed by atoms with van der Waals surface area (Å²) < 4.78 is 0. The van der Waals surface area contributed by atoms with Gasteiger partial charge >= 0.3 is 0 Å². The third-order valence-corrected chi connectivity index (χ3v) is 1.26. The van der Waals surface area contributed by atoms with E-state index in [1.165, 1.54) is 6.08 Å². The van der Waals surface area contributed by atoms with E-state index in [0.29, 0.717) is 0 Å². The molecular weight excluding hydrogens is 118 g/mol. The van der Waals surface area contributed by atoms with Crippen molar-refractivity contribution in [2.24, 2.45) is 0 Å². The molecule has 1 nitrogen and oxygen atoms in total. The minimum atomic E-state index is -1.09. The lowest BCUT2D eigenvalue weighted by Gasteiger charge is -1.92. The van der Waals surface area contributed by atoms with Crippen LogP contribution in [0.25, 0.3) is 0 Å². The van der Waals surface area contributed by atoms with Crippen molar-refractivity contribution < 1.29 is 0 Å². The minimum absolute atomic E-state index is 1.09. The van der Waals surface area contributed by atoms with Crippen molar-refractivity contribution >= 4 is 20.9 Å². The Hall–Kier alpha value is -0.680. The molecule has 0 saturated heterocycles. The molecule has 0 spiro atoms. The van der Waals surface area contributed by atoms with Gasteiger partial charge < -0.3 is 0 Å². The minimum Gasteiger partial charge on any atom is -0.196 e. The van der Waals surface area contributed by atoms with Gasteiger partial charge in [-0.15, -0.1) is 0 Å². The maximum atomic E-state index is 8.05. The van der Waals surface area contributed by atoms with Crippen LogP contribution in [0.4, 0.5) is 0 Å². The maximum Gasteiger partial charge on any atom is 0.0917 e. The molecule has 0 amide bonds.